The Balaban J connectivity index is 2.85. The fourth-order valence-electron chi connectivity index (χ4n) is 1.94. The van der Waals surface area contributed by atoms with Crippen LogP contribution < -0.4 is 10.2 Å². The Labute approximate surface area is 99.7 Å². The third-order valence-corrected chi connectivity index (χ3v) is 2.86. The first-order valence-electron chi connectivity index (χ1n) is 6.07. The van der Waals surface area contributed by atoms with Crippen LogP contribution in [0.4, 0.5) is 5.69 Å². The van der Waals surface area contributed by atoms with Gasteiger partial charge in [-0.05, 0) is 30.2 Å². The van der Waals surface area contributed by atoms with Crippen molar-refractivity contribution in [1.29, 1.82) is 0 Å². The van der Waals surface area contributed by atoms with E-state index in [0.717, 1.165) is 6.54 Å². The third kappa shape index (κ3) is 3.24. The van der Waals surface area contributed by atoms with Crippen molar-refractivity contribution in [2.75, 3.05) is 25.5 Å². The van der Waals surface area contributed by atoms with Crippen LogP contribution in [0, 0.1) is 5.92 Å². The molecule has 1 rings (SSSR count). The topological polar surface area (TPSA) is 15.3 Å². The maximum Gasteiger partial charge on any atom is 0.0361 e. The molecule has 1 aromatic rings. The average Bonchev–Trinajstić information content (AvgIpc) is 2.25. The lowest BCUT2D eigenvalue weighted by molar-refractivity contribution is 0.422. The second-order valence-corrected chi connectivity index (χ2v) is 4.77. The first-order chi connectivity index (χ1) is 7.56. The Bertz CT molecular complexity index is 301. The molecule has 0 amide bonds. The molecule has 0 aliphatic carbocycles. The molecule has 1 atom stereocenters. The van der Waals surface area contributed by atoms with Crippen molar-refractivity contribution in [3.63, 3.8) is 0 Å². The molecule has 2 nitrogen and oxygen atoms in total. The molecule has 0 fully saturated rings. The van der Waals surface area contributed by atoms with E-state index in [1.54, 1.807) is 0 Å². The van der Waals surface area contributed by atoms with Gasteiger partial charge < -0.3 is 10.2 Å². The van der Waals surface area contributed by atoms with Gasteiger partial charge in [-0.3, -0.25) is 0 Å². The zero-order valence-corrected chi connectivity index (χ0v) is 11.1. The molecule has 1 N–H and O–H groups in total. The maximum atomic E-state index is 3.53. The largest absolute Gasteiger partial charge is 0.378 e. The minimum Gasteiger partial charge on any atom is -0.378 e. The zero-order chi connectivity index (χ0) is 12.1. The van der Waals surface area contributed by atoms with Crippen molar-refractivity contribution < 1.29 is 0 Å². The molecule has 0 aliphatic rings. The Kier molecular flexibility index (Phi) is 4.81. The molecular weight excluding hydrogens is 196 g/mol. The van der Waals surface area contributed by atoms with Crippen LogP contribution in [0.15, 0.2) is 24.3 Å². The Morgan fingerprint density at radius 1 is 1.12 bits per heavy atom. The first-order valence-corrected chi connectivity index (χ1v) is 6.07. The van der Waals surface area contributed by atoms with Crippen LogP contribution in [0.25, 0.3) is 0 Å². The Morgan fingerprint density at radius 3 is 2.06 bits per heavy atom. The van der Waals surface area contributed by atoms with Crippen LogP contribution in [0.1, 0.15) is 32.4 Å². The second kappa shape index (κ2) is 5.90. The molecule has 0 aliphatic heterocycles. The standard InChI is InChI=1S/C14H24N2/c1-6-15-14(11(2)3)12-7-9-13(10-8-12)16(4)5/h7-11,14-15H,6H2,1-5H3. The fraction of sp³-hybridized carbons (Fsp3) is 0.571. The second-order valence-electron chi connectivity index (χ2n) is 4.77. The van der Waals surface area contributed by atoms with Crippen molar-refractivity contribution in [2.45, 2.75) is 26.8 Å². The molecule has 0 aromatic heterocycles. The lowest BCUT2D eigenvalue weighted by atomic mass is 9.96. The molecule has 1 unspecified atom stereocenters. The molecule has 90 valence electrons. The summed E-state index contributed by atoms with van der Waals surface area (Å²) in [6, 6.07) is 9.27. The van der Waals surface area contributed by atoms with Gasteiger partial charge in [0, 0.05) is 25.8 Å². The van der Waals surface area contributed by atoms with Crippen LogP contribution in [-0.4, -0.2) is 20.6 Å². The number of benzene rings is 1. The van der Waals surface area contributed by atoms with E-state index >= 15 is 0 Å². The summed E-state index contributed by atoms with van der Waals surface area (Å²) in [5.41, 5.74) is 2.63. The third-order valence-electron chi connectivity index (χ3n) is 2.86. The number of rotatable bonds is 5. The van der Waals surface area contributed by atoms with Crippen LogP contribution in [0.2, 0.25) is 0 Å². The van der Waals surface area contributed by atoms with Crippen LogP contribution >= 0.6 is 0 Å². The van der Waals surface area contributed by atoms with Crippen LogP contribution in [0.3, 0.4) is 0 Å². The summed E-state index contributed by atoms with van der Waals surface area (Å²) in [5, 5.41) is 3.53. The summed E-state index contributed by atoms with van der Waals surface area (Å²) in [4.78, 5) is 2.13. The first kappa shape index (κ1) is 13.0. The van der Waals surface area contributed by atoms with Gasteiger partial charge in [0.25, 0.3) is 0 Å². The molecule has 0 heterocycles. The van der Waals surface area contributed by atoms with Crippen LogP contribution in [0.5, 0.6) is 0 Å². The van der Waals surface area contributed by atoms with E-state index in [9.17, 15) is 0 Å². The van der Waals surface area contributed by atoms with Crippen molar-refractivity contribution in [3.05, 3.63) is 29.8 Å². The van der Waals surface area contributed by atoms with Gasteiger partial charge in [0.2, 0.25) is 0 Å². The molecule has 0 radical (unpaired) electrons. The van der Waals surface area contributed by atoms with E-state index in [2.05, 4.69) is 69.3 Å². The Morgan fingerprint density at radius 2 is 1.69 bits per heavy atom. The monoisotopic (exact) mass is 220 g/mol. The number of hydrogen-bond donors (Lipinski definition) is 1. The SMILES string of the molecule is CCNC(c1ccc(N(C)C)cc1)C(C)C. The smallest absolute Gasteiger partial charge is 0.0361 e. The highest BCUT2D eigenvalue weighted by Gasteiger charge is 2.13. The number of nitrogens with zero attached hydrogens (tertiary/aromatic N) is 1. The highest BCUT2D eigenvalue weighted by molar-refractivity contribution is 5.46. The lowest BCUT2D eigenvalue weighted by Gasteiger charge is -2.23. The van der Waals surface area contributed by atoms with E-state index in [4.69, 9.17) is 0 Å². The summed E-state index contributed by atoms with van der Waals surface area (Å²) < 4.78 is 0. The summed E-state index contributed by atoms with van der Waals surface area (Å²) in [6.45, 7) is 7.68. The van der Waals surface area contributed by atoms with Crippen molar-refractivity contribution >= 4 is 5.69 Å². The number of anilines is 1. The predicted molar refractivity (Wildman–Crippen MR) is 72.0 cm³/mol. The molecule has 0 spiro atoms. The summed E-state index contributed by atoms with van der Waals surface area (Å²) in [7, 11) is 4.14. The quantitative estimate of drug-likeness (QED) is 0.820. The van der Waals surface area contributed by atoms with Crippen molar-refractivity contribution in [2.24, 2.45) is 5.92 Å². The van der Waals surface area contributed by atoms with Gasteiger partial charge >= 0.3 is 0 Å². The van der Waals surface area contributed by atoms with E-state index in [1.165, 1.54) is 11.3 Å². The van der Waals surface area contributed by atoms with Gasteiger partial charge in [-0.1, -0.05) is 32.9 Å². The van der Waals surface area contributed by atoms with Crippen molar-refractivity contribution in [3.8, 4) is 0 Å². The molecule has 2 heteroatoms. The lowest BCUT2D eigenvalue weighted by Crippen LogP contribution is -2.25. The molecule has 16 heavy (non-hydrogen) atoms. The van der Waals surface area contributed by atoms with E-state index in [0.29, 0.717) is 12.0 Å². The Hall–Kier alpha value is -1.02. The highest BCUT2D eigenvalue weighted by Crippen LogP contribution is 2.23. The highest BCUT2D eigenvalue weighted by atomic mass is 15.1. The van der Waals surface area contributed by atoms with Gasteiger partial charge in [0.05, 0.1) is 0 Å². The van der Waals surface area contributed by atoms with Gasteiger partial charge in [-0.15, -0.1) is 0 Å². The summed E-state index contributed by atoms with van der Waals surface area (Å²) in [5.74, 6) is 0.616. The minimum absolute atomic E-state index is 0.459. The minimum atomic E-state index is 0.459. The van der Waals surface area contributed by atoms with E-state index in [-0.39, 0.29) is 0 Å². The number of hydrogen-bond acceptors (Lipinski definition) is 2. The van der Waals surface area contributed by atoms with Crippen LogP contribution in [-0.2, 0) is 0 Å². The summed E-state index contributed by atoms with van der Waals surface area (Å²) in [6.07, 6.45) is 0. The predicted octanol–water partition coefficient (Wildman–Crippen LogP) is 3.06. The van der Waals surface area contributed by atoms with Gasteiger partial charge in [0.15, 0.2) is 0 Å². The molecular formula is C14H24N2. The number of nitrogens with one attached hydrogen (secondary N) is 1. The zero-order valence-electron chi connectivity index (χ0n) is 11.1. The van der Waals surface area contributed by atoms with Gasteiger partial charge in [-0.25, -0.2) is 0 Å². The normalized spacial score (nSPS) is 12.9. The molecule has 0 saturated heterocycles. The molecule has 0 bridgehead atoms. The molecule has 0 saturated carbocycles. The fourth-order valence-corrected chi connectivity index (χ4v) is 1.94. The van der Waals surface area contributed by atoms with Gasteiger partial charge in [-0.2, -0.15) is 0 Å². The summed E-state index contributed by atoms with van der Waals surface area (Å²) >= 11 is 0. The molecule has 1 aromatic carbocycles. The maximum absolute atomic E-state index is 3.53. The average molecular weight is 220 g/mol. The van der Waals surface area contributed by atoms with Crippen molar-refractivity contribution in [1.82, 2.24) is 5.32 Å². The van der Waals surface area contributed by atoms with E-state index < -0.39 is 0 Å². The van der Waals surface area contributed by atoms with E-state index in [1.807, 2.05) is 0 Å². The van der Waals surface area contributed by atoms with Gasteiger partial charge in [0.1, 0.15) is 0 Å².